The Balaban J connectivity index is 2.28. The molecular formula is C15H23ClN2O2S. The van der Waals surface area contributed by atoms with Crippen LogP contribution in [0.4, 0.5) is 0 Å². The minimum atomic E-state index is -3.42. The first-order valence-corrected chi connectivity index (χ1v) is 9.21. The monoisotopic (exact) mass is 330 g/mol. The van der Waals surface area contributed by atoms with Gasteiger partial charge >= 0.3 is 0 Å². The maximum Gasteiger partial charge on any atom is 0.243 e. The summed E-state index contributed by atoms with van der Waals surface area (Å²) in [5.41, 5.74) is 0.818. The molecule has 0 bridgehead atoms. The molecule has 1 aliphatic carbocycles. The first kappa shape index (κ1) is 16.7. The van der Waals surface area contributed by atoms with Crippen LogP contribution in [-0.2, 0) is 16.6 Å². The summed E-state index contributed by atoms with van der Waals surface area (Å²) in [5.74, 6) is 0. The lowest BCUT2D eigenvalue weighted by Gasteiger charge is -2.20. The van der Waals surface area contributed by atoms with E-state index in [0.717, 1.165) is 18.4 Å². The lowest BCUT2D eigenvalue weighted by Crippen LogP contribution is -2.33. The van der Waals surface area contributed by atoms with Gasteiger partial charge in [-0.25, -0.2) is 8.42 Å². The van der Waals surface area contributed by atoms with E-state index in [2.05, 4.69) is 5.32 Å². The molecule has 118 valence electrons. The normalized spacial score (nSPS) is 15.9. The Morgan fingerprint density at radius 1 is 1.38 bits per heavy atom. The fourth-order valence-corrected chi connectivity index (χ4v) is 4.21. The highest BCUT2D eigenvalue weighted by atomic mass is 35.5. The number of benzene rings is 1. The average molecular weight is 331 g/mol. The van der Waals surface area contributed by atoms with Crippen LogP contribution in [0.2, 0.25) is 5.02 Å². The molecule has 0 atom stereocenters. The summed E-state index contributed by atoms with van der Waals surface area (Å²) >= 11 is 6.17. The summed E-state index contributed by atoms with van der Waals surface area (Å²) in [6.07, 6.45) is 1.92. The van der Waals surface area contributed by atoms with E-state index in [-0.39, 0.29) is 6.04 Å². The highest BCUT2D eigenvalue weighted by molar-refractivity contribution is 7.89. The van der Waals surface area contributed by atoms with Crippen LogP contribution in [0.25, 0.3) is 0 Å². The van der Waals surface area contributed by atoms with Gasteiger partial charge in [0.25, 0.3) is 0 Å². The maximum atomic E-state index is 12.7. The summed E-state index contributed by atoms with van der Waals surface area (Å²) in [5, 5.41) is 3.86. The minimum Gasteiger partial charge on any atom is -0.310 e. The Kier molecular flexibility index (Phi) is 5.30. The van der Waals surface area contributed by atoms with Gasteiger partial charge in [0.15, 0.2) is 0 Å². The van der Waals surface area contributed by atoms with Crippen LogP contribution in [0, 0.1) is 0 Å². The lowest BCUT2D eigenvalue weighted by atomic mass is 10.2. The molecule has 21 heavy (non-hydrogen) atoms. The summed E-state index contributed by atoms with van der Waals surface area (Å²) in [6, 6.07) is 5.46. The van der Waals surface area contributed by atoms with Gasteiger partial charge in [0.1, 0.15) is 0 Å². The predicted molar refractivity (Wildman–Crippen MR) is 86.0 cm³/mol. The third kappa shape index (κ3) is 3.97. The summed E-state index contributed by atoms with van der Waals surface area (Å²) in [4.78, 5) is 0.334. The van der Waals surface area contributed by atoms with Crippen LogP contribution in [0.5, 0.6) is 0 Å². The Bertz CT molecular complexity index is 598. The third-order valence-electron chi connectivity index (χ3n) is 3.59. The first-order valence-electron chi connectivity index (χ1n) is 7.40. The number of hydrogen-bond donors (Lipinski definition) is 1. The molecule has 0 heterocycles. The number of rotatable bonds is 7. The standard InChI is InChI=1S/C15H23ClN2O2S/c1-4-18(13-5-6-13)21(19,20)14-7-8-15(16)12(9-14)10-17-11(2)3/h7-9,11,13,17H,4-6,10H2,1-3H3. The van der Waals surface area contributed by atoms with Crippen molar-refractivity contribution in [2.45, 2.75) is 57.1 Å². The maximum absolute atomic E-state index is 12.7. The zero-order valence-corrected chi connectivity index (χ0v) is 14.3. The predicted octanol–water partition coefficient (Wildman–Crippen LogP) is 3.01. The number of nitrogens with one attached hydrogen (secondary N) is 1. The molecule has 1 aliphatic rings. The molecule has 0 saturated heterocycles. The van der Waals surface area contributed by atoms with Crippen LogP contribution in [-0.4, -0.2) is 31.4 Å². The van der Waals surface area contributed by atoms with Crippen LogP contribution in [0.15, 0.2) is 23.1 Å². The molecule has 1 aromatic rings. The molecule has 0 unspecified atom stereocenters. The fraction of sp³-hybridized carbons (Fsp3) is 0.600. The third-order valence-corrected chi connectivity index (χ3v) is 5.98. The van der Waals surface area contributed by atoms with E-state index in [1.54, 1.807) is 22.5 Å². The van der Waals surface area contributed by atoms with Gasteiger partial charge < -0.3 is 5.32 Å². The Hall–Kier alpha value is -0.620. The summed E-state index contributed by atoms with van der Waals surface area (Å²) in [6.45, 7) is 7.04. The van der Waals surface area contributed by atoms with Crippen molar-refractivity contribution in [1.82, 2.24) is 9.62 Å². The highest BCUT2D eigenvalue weighted by Gasteiger charge is 2.36. The molecule has 0 aliphatic heterocycles. The van der Waals surface area contributed by atoms with Crippen molar-refractivity contribution in [2.24, 2.45) is 0 Å². The number of nitrogens with zero attached hydrogens (tertiary/aromatic N) is 1. The number of halogens is 1. The zero-order chi connectivity index (χ0) is 15.6. The van der Waals surface area contributed by atoms with Crippen LogP contribution in [0.1, 0.15) is 39.2 Å². The van der Waals surface area contributed by atoms with Crippen molar-refractivity contribution in [1.29, 1.82) is 0 Å². The molecule has 6 heteroatoms. The first-order chi connectivity index (χ1) is 9.86. The molecular weight excluding hydrogens is 308 g/mol. The second kappa shape index (κ2) is 6.65. The van der Waals surface area contributed by atoms with E-state index in [1.807, 2.05) is 20.8 Å². The van der Waals surface area contributed by atoms with Crippen molar-refractivity contribution in [3.8, 4) is 0 Å². The van der Waals surface area contributed by atoms with E-state index in [0.29, 0.717) is 29.0 Å². The van der Waals surface area contributed by atoms with Crippen molar-refractivity contribution >= 4 is 21.6 Å². The van der Waals surface area contributed by atoms with Crippen LogP contribution >= 0.6 is 11.6 Å². The van der Waals surface area contributed by atoms with Gasteiger partial charge in [-0.05, 0) is 36.6 Å². The molecule has 0 spiro atoms. The zero-order valence-electron chi connectivity index (χ0n) is 12.8. The van der Waals surface area contributed by atoms with Crippen LogP contribution in [0.3, 0.4) is 0 Å². The SMILES string of the molecule is CCN(C1CC1)S(=O)(=O)c1ccc(Cl)c(CNC(C)C)c1. The van der Waals surface area contributed by atoms with Gasteiger partial charge in [0, 0.05) is 30.2 Å². The van der Waals surface area contributed by atoms with Crippen LogP contribution < -0.4 is 5.32 Å². The second-order valence-corrected chi connectivity index (χ2v) is 8.03. The van der Waals surface area contributed by atoms with Gasteiger partial charge in [-0.15, -0.1) is 0 Å². The number of hydrogen-bond acceptors (Lipinski definition) is 3. The lowest BCUT2D eigenvalue weighted by molar-refractivity contribution is 0.421. The summed E-state index contributed by atoms with van der Waals surface area (Å²) < 4.78 is 27.0. The molecule has 0 amide bonds. The molecule has 0 radical (unpaired) electrons. The Morgan fingerprint density at radius 3 is 2.57 bits per heavy atom. The molecule has 1 aromatic carbocycles. The molecule has 1 saturated carbocycles. The average Bonchev–Trinajstić information content (AvgIpc) is 3.22. The smallest absolute Gasteiger partial charge is 0.243 e. The highest BCUT2D eigenvalue weighted by Crippen LogP contribution is 2.32. The van der Waals surface area contributed by atoms with Crippen molar-refractivity contribution < 1.29 is 8.42 Å². The summed E-state index contributed by atoms with van der Waals surface area (Å²) in [7, 11) is -3.42. The quantitative estimate of drug-likeness (QED) is 0.836. The van der Waals surface area contributed by atoms with Crippen molar-refractivity contribution in [3.63, 3.8) is 0 Å². The molecule has 1 fully saturated rings. The van der Waals surface area contributed by atoms with Gasteiger partial charge in [-0.2, -0.15) is 4.31 Å². The number of sulfonamides is 1. The molecule has 1 N–H and O–H groups in total. The van der Waals surface area contributed by atoms with E-state index in [9.17, 15) is 8.42 Å². The van der Waals surface area contributed by atoms with Gasteiger partial charge in [-0.1, -0.05) is 32.4 Å². The van der Waals surface area contributed by atoms with E-state index in [4.69, 9.17) is 11.6 Å². The van der Waals surface area contributed by atoms with Gasteiger partial charge in [0.05, 0.1) is 4.90 Å². The van der Waals surface area contributed by atoms with E-state index >= 15 is 0 Å². The van der Waals surface area contributed by atoms with Gasteiger partial charge in [0.2, 0.25) is 10.0 Å². The Morgan fingerprint density at radius 2 is 2.05 bits per heavy atom. The molecule has 2 rings (SSSR count). The molecule has 4 nitrogen and oxygen atoms in total. The topological polar surface area (TPSA) is 49.4 Å². The van der Waals surface area contributed by atoms with Crippen molar-refractivity contribution in [2.75, 3.05) is 6.54 Å². The fourth-order valence-electron chi connectivity index (χ4n) is 2.28. The van der Waals surface area contributed by atoms with E-state index in [1.165, 1.54) is 0 Å². The minimum absolute atomic E-state index is 0.174. The Labute approximate surface area is 132 Å². The van der Waals surface area contributed by atoms with Crippen molar-refractivity contribution in [3.05, 3.63) is 28.8 Å². The van der Waals surface area contributed by atoms with Gasteiger partial charge in [-0.3, -0.25) is 0 Å². The molecule has 0 aromatic heterocycles. The largest absolute Gasteiger partial charge is 0.310 e. The van der Waals surface area contributed by atoms with E-state index < -0.39 is 10.0 Å². The second-order valence-electron chi connectivity index (χ2n) is 5.73.